The van der Waals surface area contributed by atoms with Gasteiger partial charge in [0, 0.05) is 11.6 Å². The van der Waals surface area contributed by atoms with Gasteiger partial charge in [-0.1, -0.05) is 0 Å². The minimum absolute atomic E-state index is 0.0382. The maximum Gasteiger partial charge on any atom is 0.354 e. The molecule has 1 amide bonds. The molecule has 0 spiro atoms. The van der Waals surface area contributed by atoms with Crippen molar-refractivity contribution < 1.29 is 14.7 Å². The average Bonchev–Trinajstić information content (AvgIpc) is 2.73. The van der Waals surface area contributed by atoms with Gasteiger partial charge >= 0.3 is 5.97 Å². The largest absolute Gasteiger partial charge is 0.477 e. The number of carbonyl (C=O) groups excluding carboxylic acids is 1. The fraction of sp³-hybridized carbons (Fsp3) is 0.538. The second-order valence-corrected chi connectivity index (χ2v) is 5.46. The molecule has 2 saturated carbocycles. The van der Waals surface area contributed by atoms with Crippen LogP contribution in [0, 0.1) is 24.7 Å². The first-order chi connectivity index (χ1) is 8.54. The van der Waals surface area contributed by atoms with E-state index in [4.69, 9.17) is 5.11 Å². The highest BCUT2D eigenvalue weighted by molar-refractivity contribution is 6.00. The number of hydrogen-bond acceptors (Lipinski definition) is 2. The monoisotopic (exact) mass is 248 g/mol. The second kappa shape index (κ2) is 3.86. The van der Waals surface area contributed by atoms with Crippen molar-refractivity contribution in [2.75, 3.05) is 5.32 Å². The Hall–Kier alpha value is -1.78. The molecule has 2 unspecified atom stereocenters. The number of fused-ring (bicyclic) bond motifs is 1. The summed E-state index contributed by atoms with van der Waals surface area (Å²) >= 11 is 0. The van der Waals surface area contributed by atoms with Gasteiger partial charge in [0.2, 0.25) is 5.91 Å². The van der Waals surface area contributed by atoms with E-state index < -0.39 is 5.97 Å². The van der Waals surface area contributed by atoms with Crippen molar-refractivity contribution in [3.8, 4) is 0 Å². The van der Waals surface area contributed by atoms with Gasteiger partial charge in [-0.2, -0.15) is 0 Å². The molecule has 1 aromatic heterocycles. The Bertz CT molecular complexity index is 510. The fourth-order valence-corrected chi connectivity index (χ4v) is 3.02. The van der Waals surface area contributed by atoms with Gasteiger partial charge in [-0.15, -0.1) is 0 Å². The van der Waals surface area contributed by atoms with Crippen LogP contribution in [0.1, 0.15) is 35.4 Å². The lowest BCUT2D eigenvalue weighted by molar-refractivity contribution is -0.120. The Balaban J connectivity index is 1.71. The van der Waals surface area contributed by atoms with Crippen molar-refractivity contribution in [3.63, 3.8) is 0 Å². The Kier molecular flexibility index (Phi) is 2.43. The number of amides is 1. The lowest BCUT2D eigenvalue weighted by atomic mass is 10.0. The summed E-state index contributed by atoms with van der Waals surface area (Å²) in [6.45, 7) is 1.77. The molecule has 2 atom stereocenters. The Morgan fingerprint density at radius 3 is 2.61 bits per heavy atom. The molecule has 0 bridgehead atoms. The van der Waals surface area contributed by atoms with Crippen LogP contribution >= 0.6 is 0 Å². The van der Waals surface area contributed by atoms with E-state index in [1.807, 2.05) is 0 Å². The van der Waals surface area contributed by atoms with Gasteiger partial charge in [-0.3, -0.25) is 4.79 Å². The van der Waals surface area contributed by atoms with Crippen LogP contribution in [0.5, 0.6) is 0 Å². The molecule has 5 nitrogen and oxygen atoms in total. The van der Waals surface area contributed by atoms with Crippen LogP contribution in [0.3, 0.4) is 0 Å². The number of aromatic carboxylic acids is 1. The molecule has 0 radical (unpaired) electrons. The smallest absolute Gasteiger partial charge is 0.354 e. The SMILES string of the molecule is Cc1cc(NC(=O)C2CC3CC3C2)c(C(=O)O)[nH]1. The van der Waals surface area contributed by atoms with Crippen LogP contribution in [0.25, 0.3) is 0 Å². The van der Waals surface area contributed by atoms with Crippen molar-refractivity contribution in [1.29, 1.82) is 0 Å². The standard InChI is InChI=1S/C13H16N2O3/c1-6-2-10(11(14-6)13(17)18)15-12(16)9-4-7-3-8(7)5-9/h2,7-9,14H,3-5H2,1H3,(H,15,16)(H,17,18). The van der Waals surface area contributed by atoms with Gasteiger partial charge in [-0.05, 0) is 44.1 Å². The van der Waals surface area contributed by atoms with Crippen LogP contribution in [-0.2, 0) is 4.79 Å². The summed E-state index contributed by atoms with van der Waals surface area (Å²) in [5.74, 6) is 0.460. The number of anilines is 1. The second-order valence-electron chi connectivity index (χ2n) is 5.46. The summed E-state index contributed by atoms with van der Waals surface area (Å²) in [4.78, 5) is 25.8. The molecule has 18 heavy (non-hydrogen) atoms. The van der Waals surface area contributed by atoms with Crippen LogP contribution in [0.2, 0.25) is 0 Å². The number of carboxylic acid groups (broad SMARTS) is 1. The first-order valence-corrected chi connectivity index (χ1v) is 6.28. The van der Waals surface area contributed by atoms with Crippen molar-refractivity contribution in [2.24, 2.45) is 17.8 Å². The van der Waals surface area contributed by atoms with Gasteiger partial charge in [0.1, 0.15) is 5.69 Å². The van der Waals surface area contributed by atoms with Crippen molar-refractivity contribution in [3.05, 3.63) is 17.5 Å². The van der Waals surface area contributed by atoms with Gasteiger partial charge in [0.25, 0.3) is 0 Å². The Labute approximate surface area is 105 Å². The predicted molar refractivity (Wildman–Crippen MR) is 65.4 cm³/mol. The molecule has 96 valence electrons. The average molecular weight is 248 g/mol. The summed E-state index contributed by atoms with van der Waals surface area (Å²) in [5, 5.41) is 11.8. The predicted octanol–water partition coefficient (Wildman–Crippen LogP) is 2.01. The minimum atomic E-state index is -1.05. The normalized spacial score (nSPS) is 28.8. The maximum absolute atomic E-state index is 12.0. The number of aryl methyl sites for hydroxylation is 1. The number of hydrogen-bond donors (Lipinski definition) is 3. The summed E-state index contributed by atoms with van der Waals surface area (Å²) < 4.78 is 0. The van der Waals surface area contributed by atoms with Crippen LogP contribution in [0.15, 0.2) is 6.07 Å². The zero-order valence-electron chi connectivity index (χ0n) is 10.2. The van der Waals surface area contributed by atoms with Gasteiger partial charge in [-0.25, -0.2) is 4.79 Å². The summed E-state index contributed by atoms with van der Waals surface area (Å²) in [6.07, 6.45) is 3.19. The van der Waals surface area contributed by atoms with E-state index in [9.17, 15) is 9.59 Å². The van der Waals surface area contributed by atoms with E-state index in [0.29, 0.717) is 5.69 Å². The number of H-pyrrole nitrogens is 1. The molecule has 1 aromatic rings. The number of carboxylic acids is 1. The lowest BCUT2D eigenvalue weighted by Gasteiger charge is -2.11. The molecule has 5 heteroatoms. The molecule has 0 saturated heterocycles. The van der Waals surface area contributed by atoms with Gasteiger partial charge in [0.05, 0.1) is 5.69 Å². The minimum Gasteiger partial charge on any atom is -0.477 e. The van der Waals surface area contributed by atoms with E-state index >= 15 is 0 Å². The number of aromatic amines is 1. The molecule has 0 aromatic carbocycles. The highest BCUT2D eigenvalue weighted by Crippen LogP contribution is 2.54. The third kappa shape index (κ3) is 1.89. The van der Waals surface area contributed by atoms with E-state index in [2.05, 4.69) is 10.3 Å². The maximum atomic E-state index is 12.0. The zero-order chi connectivity index (χ0) is 12.9. The zero-order valence-corrected chi connectivity index (χ0v) is 10.2. The van der Waals surface area contributed by atoms with E-state index in [-0.39, 0.29) is 17.5 Å². The molecule has 3 rings (SSSR count). The van der Waals surface area contributed by atoms with Crippen LogP contribution in [-0.4, -0.2) is 22.0 Å². The van der Waals surface area contributed by atoms with E-state index in [1.165, 1.54) is 6.42 Å². The van der Waals surface area contributed by atoms with Crippen LogP contribution < -0.4 is 5.32 Å². The van der Waals surface area contributed by atoms with Crippen molar-refractivity contribution in [2.45, 2.75) is 26.2 Å². The number of rotatable bonds is 3. The van der Waals surface area contributed by atoms with Crippen LogP contribution in [0.4, 0.5) is 5.69 Å². The van der Waals surface area contributed by atoms with E-state index in [0.717, 1.165) is 30.4 Å². The lowest BCUT2D eigenvalue weighted by Crippen LogP contribution is -2.22. The third-order valence-electron chi connectivity index (χ3n) is 4.04. The topological polar surface area (TPSA) is 82.2 Å². The first kappa shape index (κ1) is 11.3. The summed E-state index contributed by atoms with van der Waals surface area (Å²) in [5.41, 5.74) is 1.17. The molecule has 2 aliphatic carbocycles. The molecule has 1 heterocycles. The highest BCUT2D eigenvalue weighted by atomic mass is 16.4. The summed E-state index contributed by atoms with van der Waals surface area (Å²) in [7, 11) is 0. The number of carbonyl (C=O) groups is 2. The van der Waals surface area contributed by atoms with Crippen molar-refractivity contribution in [1.82, 2.24) is 4.98 Å². The fourth-order valence-electron chi connectivity index (χ4n) is 3.02. The van der Waals surface area contributed by atoms with Gasteiger partial charge < -0.3 is 15.4 Å². The Morgan fingerprint density at radius 1 is 1.33 bits per heavy atom. The Morgan fingerprint density at radius 2 is 2.00 bits per heavy atom. The molecular weight excluding hydrogens is 232 g/mol. The molecule has 2 aliphatic rings. The molecular formula is C13H16N2O3. The quantitative estimate of drug-likeness (QED) is 0.765. The first-order valence-electron chi connectivity index (χ1n) is 6.28. The molecule has 0 aliphatic heterocycles. The van der Waals surface area contributed by atoms with Crippen molar-refractivity contribution >= 4 is 17.6 Å². The summed E-state index contributed by atoms with van der Waals surface area (Å²) in [6, 6.07) is 1.66. The number of nitrogens with one attached hydrogen (secondary N) is 2. The number of aromatic nitrogens is 1. The molecule has 3 N–H and O–H groups in total. The highest BCUT2D eigenvalue weighted by Gasteiger charge is 2.48. The third-order valence-corrected chi connectivity index (χ3v) is 4.04. The molecule has 2 fully saturated rings. The van der Waals surface area contributed by atoms with Gasteiger partial charge in [0.15, 0.2) is 0 Å². The van der Waals surface area contributed by atoms with E-state index in [1.54, 1.807) is 13.0 Å².